The normalized spacial score (nSPS) is 20.4. The van der Waals surface area contributed by atoms with E-state index < -0.39 is 0 Å². The monoisotopic (exact) mass is 375 g/mol. The Labute approximate surface area is 160 Å². The second-order valence-corrected chi connectivity index (χ2v) is 7.24. The smallest absolute Gasteiger partial charge is 0.321 e. The van der Waals surface area contributed by atoms with Crippen LogP contribution in [-0.4, -0.2) is 50.2 Å². The molecule has 2 fully saturated rings. The van der Waals surface area contributed by atoms with E-state index >= 15 is 0 Å². The van der Waals surface area contributed by atoms with Gasteiger partial charge in [-0.05, 0) is 38.3 Å². The van der Waals surface area contributed by atoms with Crippen molar-refractivity contribution in [2.45, 2.75) is 50.6 Å². The van der Waals surface area contributed by atoms with Gasteiger partial charge >= 0.3 is 6.03 Å². The highest BCUT2D eigenvalue weighted by Crippen LogP contribution is 2.38. The average Bonchev–Trinajstić information content (AvgIpc) is 3.32. The van der Waals surface area contributed by atoms with Gasteiger partial charge in [0.15, 0.2) is 0 Å². The molecule has 0 aromatic heterocycles. The third kappa shape index (κ3) is 4.91. The Balaban J connectivity index is 1.59. The maximum absolute atomic E-state index is 12.4. The van der Waals surface area contributed by atoms with Crippen LogP contribution in [0.1, 0.15) is 50.1 Å². The van der Waals surface area contributed by atoms with Crippen molar-refractivity contribution in [2.75, 3.05) is 27.3 Å². The molecular weight excluding hydrogens is 346 g/mol. The van der Waals surface area contributed by atoms with E-state index in [9.17, 15) is 9.59 Å². The van der Waals surface area contributed by atoms with Crippen LogP contribution in [0.3, 0.4) is 0 Å². The fraction of sp³-hybridized carbons (Fsp3) is 0.600. The summed E-state index contributed by atoms with van der Waals surface area (Å²) in [5.74, 6) is 1.22. The number of rotatable bonds is 6. The molecule has 1 aliphatic heterocycles. The standard InChI is InChI=1S/C20H29N3O4/c1-26-15-9-10-16(18(12-15)27-2)17-8-5-11-23(17)13-19(24)22-20(25)21-14-6-3-4-7-14/h9-10,12,14,17H,3-8,11,13H2,1-2H3,(H2,21,22,24,25)/t17-/m0/s1. The maximum atomic E-state index is 12.4. The Kier molecular flexibility index (Phi) is 6.55. The van der Waals surface area contributed by atoms with Gasteiger partial charge < -0.3 is 14.8 Å². The summed E-state index contributed by atoms with van der Waals surface area (Å²) in [7, 11) is 3.26. The highest BCUT2D eigenvalue weighted by Gasteiger charge is 2.30. The topological polar surface area (TPSA) is 79.9 Å². The van der Waals surface area contributed by atoms with Crippen LogP contribution < -0.4 is 20.1 Å². The predicted octanol–water partition coefficient (Wildman–Crippen LogP) is 2.61. The minimum absolute atomic E-state index is 0.0921. The number of ether oxygens (including phenoxy) is 2. The number of carbonyl (C=O) groups is 2. The number of nitrogens with zero attached hydrogens (tertiary/aromatic N) is 1. The van der Waals surface area contributed by atoms with Crippen LogP contribution in [0.4, 0.5) is 4.79 Å². The molecule has 1 heterocycles. The second-order valence-electron chi connectivity index (χ2n) is 7.24. The van der Waals surface area contributed by atoms with Crippen molar-refractivity contribution in [2.24, 2.45) is 0 Å². The zero-order valence-corrected chi connectivity index (χ0v) is 16.1. The maximum Gasteiger partial charge on any atom is 0.321 e. The van der Waals surface area contributed by atoms with Crippen molar-refractivity contribution in [3.05, 3.63) is 23.8 Å². The Morgan fingerprint density at radius 3 is 2.59 bits per heavy atom. The SMILES string of the molecule is COc1ccc([C@@H]2CCCN2CC(=O)NC(=O)NC2CCCC2)c(OC)c1. The average molecular weight is 375 g/mol. The van der Waals surface area contributed by atoms with Gasteiger partial charge in [0.1, 0.15) is 11.5 Å². The molecule has 0 radical (unpaired) electrons. The van der Waals surface area contributed by atoms with Crippen LogP contribution in [0.5, 0.6) is 11.5 Å². The highest BCUT2D eigenvalue weighted by atomic mass is 16.5. The molecule has 1 saturated carbocycles. The van der Waals surface area contributed by atoms with Crippen LogP contribution in [0.25, 0.3) is 0 Å². The fourth-order valence-corrected chi connectivity index (χ4v) is 4.10. The van der Waals surface area contributed by atoms with Crippen molar-refractivity contribution in [3.8, 4) is 11.5 Å². The van der Waals surface area contributed by atoms with Gasteiger partial charge in [0, 0.05) is 23.7 Å². The first-order valence-corrected chi connectivity index (χ1v) is 9.67. The summed E-state index contributed by atoms with van der Waals surface area (Å²) in [6.45, 7) is 1.01. The first kappa shape index (κ1) is 19.5. The summed E-state index contributed by atoms with van der Waals surface area (Å²) in [6.07, 6.45) is 6.21. The molecule has 1 aliphatic carbocycles. The Hall–Kier alpha value is -2.28. The van der Waals surface area contributed by atoms with Gasteiger partial charge in [0.2, 0.25) is 5.91 Å². The zero-order valence-electron chi connectivity index (χ0n) is 16.1. The number of imide groups is 1. The molecule has 3 amide bonds. The van der Waals surface area contributed by atoms with Crippen molar-refractivity contribution in [3.63, 3.8) is 0 Å². The fourth-order valence-electron chi connectivity index (χ4n) is 4.10. The summed E-state index contributed by atoms with van der Waals surface area (Å²) in [5.41, 5.74) is 1.04. The minimum Gasteiger partial charge on any atom is -0.497 e. The highest BCUT2D eigenvalue weighted by molar-refractivity contribution is 5.95. The van der Waals surface area contributed by atoms with Crippen LogP contribution in [0, 0.1) is 0 Å². The number of hydrogen-bond donors (Lipinski definition) is 2. The predicted molar refractivity (Wildman–Crippen MR) is 102 cm³/mol. The lowest BCUT2D eigenvalue weighted by Gasteiger charge is -2.25. The summed E-state index contributed by atoms with van der Waals surface area (Å²) < 4.78 is 10.8. The van der Waals surface area contributed by atoms with Crippen molar-refractivity contribution in [1.82, 2.24) is 15.5 Å². The van der Waals surface area contributed by atoms with Gasteiger partial charge in [-0.2, -0.15) is 0 Å². The van der Waals surface area contributed by atoms with E-state index in [1.165, 1.54) is 0 Å². The lowest BCUT2D eigenvalue weighted by molar-refractivity contribution is -0.121. The molecule has 0 bridgehead atoms. The molecule has 0 spiro atoms. The van der Waals surface area contributed by atoms with Crippen LogP contribution in [0.2, 0.25) is 0 Å². The zero-order chi connectivity index (χ0) is 19.2. The van der Waals surface area contributed by atoms with Gasteiger partial charge in [-0.3, -0.25) is 15.0 Å². The largest absolute Gasteiger partial charge is 0.497 e. The number of amides is 3. The number of urea groups is 1. The number of benzene rings is 1. The van der Waals surface area contributed by atoms with E-state index in [4.69, 9.17) is 9.47 Å². The first-order valence-electron chi connectivity index (χ1n) is 9.67. The molecule has 7 heteroatoms. The Morgan fingerprint density at radius 2 is 1.89 bits per heavy atom. The van der Waals surface area contributed by atoms with Gasteiger partial charge in [-0.25, -0.2) is 4.79 Å². The molecule has 2 N–H and O–H groups in total. The molecule has 1 atom stereocenters. The van der Waals surface area contributed by atoms with Gasteiger partial charge in [0.25, 0.3) is 0 Å². The number of methoxy groups -OCH3 is 2. The van der Waals surface area contributed by atoms with E-state index in [2.05, 4.69) is 15.5 Å². The first-order chi connectivity index (χ1) is 13.1. The lowest BCUT2D eigenvalue weighted by atomic mass is 10.0. The molecule has 0 unspecified atom stereocenters. The minimum atomic E-state index is -0.385. The molecule has 2 aliphatic rings. The van der Waals surface area contributed by atoms with Crippen LogP contribution >= 0.6 is 0 Å². The van der Waals surface area contributed by atoms with E-state index in [-0.39, 0.29) is 30.6 Å². The van der Waals surface area contributed by atoms with E-state index in [0.29, 0.717) is 0 Å². The molecule has 7 nitrogen and oxygen atoms in total. The summed E-state index contributed by atoms with van der Waals surface area (Å²) in [6, 6.07) is 5.66. The molecule has 27 heavy (non-hydrogen) atoms. The Bertz CT molecular complexity index is 673. The van der Waals surface area contributed by atoms with E-state index in [1.54, 1.807) is 14.2 Å². The molecule has 1 aromatic carbocycles. The van der Waals surface area contributed by atoms with Gasteiger partial charge in [-0.15, -0.1) is 0 Å². The van der Waals surface area contributed by atoms with Gasteiger partial charge in [0.05, 0.1) is 20.8 Å². The lowest BCUT2D eigenvalue weighted by Crippen LogP contribution is -2.47. The molecule has 1 saturated heterocycles. The number of nitrogens with one attached hydrogen (secondary N) is 2. The number of carbonyl (C=O) groups excluding carboxylic acids is 2. The van der Waals surface area contributed by atoms with Crippen molar-refractivity contribution < 1.29 is 19.1 Å². The van der Waals surface area contributed by atoms with E-state index in [1.807, 2.05) is 18.2 Å². The molecular formula is C20H29N3O4. The third-order valence-corrected chi connectivity index (χ3v) is 5.45. The van der Waals surface area contributed by atoms with E-state index in [0.717, 1.165) is 62.1 Å². The quantitative estimate of drug-likeness (QED) is 0.799. The number of hydrogen-bond acceptors (Lipinski definition) is 5. The molecule has 3 rings (SSSR count). The number of likely N-dealkylation sites (tertiary alicyclic amines) is 1. The van der Waals surface area contributed by atoms with Crippen LogP contribution in [0.15, 0.2) is 18.2 Å². The second kappa shape index (κ2) is 9.08. The summed E-state index contributed by atoms with van der Waals surface area (Å²) >= 11 is 0. The molecule has 1 aromatic rings. The van der Waals surface area contributed by atoms with Crippen LogP contribution in [-0.2, 0) is 4.79 Å². The van der Waals surface area contributed by atoms with Gasteiger partial charge in [-0.1, -0.05) is 18.9 Å². The van der Waals surface area contributed by atoms with Crippen molar-refractivity contribution >= 4 is 11.9 Å². The third-order valence-electron chi connectivity index (χ3n) is 5.45. The molecule has 148 valence electrons. The summed E-state index contributed by atoms with van der Waals surface area (Å²) in [4.78, 5) is 26.5. The van der Waals surface area contributed by atoms with Crippen molar-refractivity contribution in [1.29, 1.82) is 0 Å². The summed E-state index contributed by atoms with van der Waals surface area (Å²) in [5, 5.41) is 5.36. The Morgan fingerprint density at radius 1 is 1.11 bits per heavy atom.